The number of benzene rings is 3. The molecule has 0 fully saturated rings. The molecule has 0 radical (unpaired) electrons. The third-order valence-electron chi connectivity index (χ3n) is 5.26. The Kier molecular flexibility index (Phi) is 8.39. The van der Waals surface area contributed by atoms with Gasteiger partial charge in [-0.15, -0.1) is 0 Å². The van der Waals surface area contributed by atoms with Crippen LogP contribution in [0.1, 0.15) is 26.3 Å². The first-order valence-electron chi connectivity index (χ1n) is 10.6. The van der Waals surface area contributed by atoms with Crippen molar-refractivity contribution in [2.45, 2.75) is 0 Å². The first-order chi connectivity index (χ1) is 16.0. The normalized spacial score (nSPS) is 10.7. The second-order valence-electron chi connectivity index (χ2n) is 7.86. The standard InChI is InChI=1S/C26H25N3O3S.ClH/c1-28(2)15-16-29(26-27-22-14-13-21(32-3)17-23(22)33-26)25(31)20-11-9-19(10-12-20)24(30)18-7-5-4-6-8-18;/h4-14,17H,15-16H2,1-3H3;1H/p-1. The second-order valence-corrected chi connectivity index (χ2v) is 8.87. The predicted molar refractivity (Wildman–Crippen MR) is 133 cm³/mol. The van der Waals surface area contributed by atoms with Crippen molar-refractivity contribution < 1.29 is 26.7 Å². The van der Waals surface area contributed by atoms with Gasteiger partial charge in [-0.05, 0) is 44.4 Å². The molecule has 34 heavy (non-hydrogen) atoms. The number of halogens is 1. The number of hydrogen-bond donors (Lipinski definition) is 0. The highest BCUT2D eigenvalue weighted by Crippen LogP contribution is 2.32. The molecule has 1 heterocycles. The van der Waals surface area contributed by atoms with Gasteiger partial charge in [0.25, 0.3) is 5.91 Å². The third kappa shape index (κ3) is 5.62. The Labute approximate surface area is 209 Å². The Morgan fingerprint density at radius 3 is 2.18 bits per heavy atom. The fourth-order valence-electron chi connectivity index (χ4n) is 3.40. The Morgan fingerprint density at radius 2 is 1.53 bits per heavy atom. The van der Waals surface area contributed by atoms with E-state index in [2.05, 4.69) is 0 Å². The number of thiazole rings is 1. The smallest absolute Gasteiger partial charge is 0.260 e. The summed E-state index contributed by atoms with van der Waals surface area (Å²) in [4.78, 5) is 34.6. The summed E-state index contributed by atoms with van der Waals surface area (Å²) in [6.07, 6.45) is 0. The number of anilines is 1. The Balaban J connectivity index is 0.00000324. The van der Waals surface area contributed by atoms with E-state index in [1.807, 2.05) is 55.4 Å². The molecule has 6 nitrogen and oxygen atoms in total. The van der Waals surface area contributed by atoms with Gasteiger partial charge in [0, 0.05) is 29.8 Å². The van der Waals surface area contributed by atoms with E-state index in [0.717, 1.165) is 16.0 Å². The zero-order valence-electron chi connectivity index (χ0n) is 19.2. The molecule has 0 aliphatic rings. The molecule has 0 unspecified atom stereocenters. The van der Waals surface area contributed by atoms with Crippen LogP contribution in [-0.2, 0) is 0 Å². The molecule has 176 valence electrons. The van der Waals surface area contributed by atoms with Crippen molar-refractivity contribution in [3.8, 4) is 5.75 Å². The monoisotopic (exact) mass is 494 g/mol. The summed E-state index contributed by atoms with van der Waals surface area (Å²) in [5.74, 6) is 0.531. The van der Waals surface area contributed by atoms with E-state index in [-0.39, 0.29) is 24.1 Å². The van der Waals surface area contributed by atoms with Crippen molar-refractivity contribution in [3.05, 3.63) is 89.5 Å². The minimum absolute atomic E-state index is 0. The van der Waals surface area contributed by atoms with E-state index in [0.29, 0.717) is 34.9 Å². The average Bonchev–Trinajstić information content (AvgIpc) is 3.27. The number of ketones is 1. The maximum atomic E-state index is 13.5. The van der Waals surface area contributed by atoms with E-state index < -0.39 is 0 Å². The Morgan fingerprint density at radius 1 is 0.882 bits per heavy atom. The maximum Gasteiger partial charge on any atom is 0.260 e. The van der Waals surface area contributed by atoms with Gasteiger partial charge in [-0.1, -0.05) is 53.8 Å². The summed E-state index contributed by atoms with van der Waals surface area (Å²) in [5, 5.41) is 0.634. The highest BCUT2D eigenvalue weighted by atomic mass is 35.5. The number of aromatic nitrogens is 1. The van der Waals surface area contributed by atoms with Crippen LogP contribution in [0, 0.1) is 0 Å². The van der Waals surface area contributed by atoms with Crippen LogP contribution in [0.5, 0.6) is 5.75 Å². The van der Waals surface area contributed by atoms with E-state index in [1.165, 1.54) is 11.3 Å². The number of fused-ring (bicyclic) bond motifs is 1. The number of ether oxygens (including phenoxy) is 1. The number of methoxy groups -OCH3 is 1. The van der Waals surface area contributed by atoms with E-state index in [4.69, 9.17) is 9.72 Å². The zero-order valence-corrected chi connectivity index (χ0v) is 20.8. The van der Waals surface area contributed by atoms with Gasteiger partial charge < -0.3 is 22.0 Å². The Hall–Kier alpha value is -3.26. The molecule has 0 spiro atoms. The second kappa shape index (κ2) is 11.2. The van der Waals surface area contributed by atoms with E-state index in [1.54, 1.807) is 48.4 Å². The SMILES string of the molecule is COc1ccc2nc(N(CCN(C)C)C(=O)c3ccc(C(=O)c4ccccc4)cc3)sc2c1.[Cl-]. The molecule has 4 aromatic rings. The lowest BCUT2D eigenvalue weighted by Crippen LogP contribution is -3.00. The number of amides is 1. The van der Waals surface area contributed by atoms with Gasteiger partial charge >= 0.3 is 0 Å². The largest absolute Gasteiger partial charge is 1.00 e. The highest BCUT2D eigenvalue weighted by Gasteiger charge is 2.22. The molecule has 4 rings (SSSR count). The summed E-state index contributed by atoms with van der Waals surface area (Å²) in [6.45, 7) is 1.18. The minimum atomic E-state index is -0.151. The maximum absolute atomic E-state index is 13.5. The molecule has 0 aliphatic heterocycles. The molecule has 0 saturated heterocycles. The molecule has 8 heteroatoms. The summed E-state index contributed by atoms with van der Waals surface area (Å²) in [7, 11) is 5.56. The van der Waals surface area contributed by atoms with Crippen LogP contribution in [0.2, 0.25) is 0 Å². The number of nitrogens with zero attached hydrogens (tertiary/aromatic N) is 3. The molecule has 1 amide bonds. The Bertz CT molecular complexity index is 1270. The number of hydrogen-bond acceptors (Lipinski definition) is 6. The van der Waals surface area contributed by atoms with E-state index in [9.17, 15) is 9.59 Å². The molecule has 0 atom stereocenters. The van der Waals surface area contributed by atoms with Gasteiger partial charge in [0.05, 0.1) is 17.3 Å². The predicted octanol–water partition coefficient (Wildman–Crippen LogP) is 1.75. The van der Waals surface area contributed by atoms with Gasteiger partial charge in [-0.3, -0.25) is 14.5 Å². The van der Waals surface area contributed by atoms with Crippen molar-refractivity contribution in [1.82, 2.24) is 9.88 Å². The number of likely N-dealkylation sites (N-methyl/N-ethyl adjacent to an activating group) is 1. The highest BCUT2D eigenvalue weighted by molar-refractivity contribution is 7.22. The van der Waals surface area contributed by atoms with Crippen molar-refractivity contribution >= 4 is 38.4 Å². The number of carbonyl (C=O) groups excluding carboxylic acids is 2. The lowest BCUT2D eigenvalue weighted by atomic mass is 10.0. The van der Waals surface area contributed by atoms with Crippen molar-refractivity contribution in [2.75, 3.05) is 39.2 Å². The molecular weight excluding hydrogens is 470 g/mol. The zero-order chi connectivity index (χ0) is 23.4. The molecule has 0 saturated carbocycles. The van der Waals surface area contributed by atoms with Gasteiger partial charge in [-0.25, -0.2) is 4.98 Å². The van der Waals surface area contributed by atoms with Crippen LogP contribution in [0.25, 0.3) is 10.2 Å². The quantitative estimate of drug-likeness (QED) is 0.349. The average molecular weight is 495 g/mol. The first kappa shape index (κ1) is 25.4. The summed E-state index contributed by atoms with van der Waals surface area (Å²) >= 11 is 1.46. The lowest BCUT2D eigenvalue weighted by Gasteiger charge is -2.22. The van der Waals surface area contributed by atoms with E-state index >= 15 is 0 Å². The summed E-state index contributed by atoms with van der Waals surface area (Å²) in [6, 6.07) is 21.6. The molecule has 3 aromatic carbocycles. The molecule has 0 aliphatic carbocycles. The molecule has 0 bridgehead atoms. The van der Waals surface area contributed by atoms with Crippen LogP contribution in [0.3, 0.4) is 0 Å². The van der Waals surface area contributed by atoms with Crippen molar-refractivity contribution in [2.24, 2.45) is 0 Å². The van der Waals surface area contributed by atoms with Crippen LogP contribution < -0.4 is 22.0 Å². The number of carbonyl (C=O) groups is 2. The fraction of sp³-hybridized carbons (Fsp3) is 0.192. The lowest BCUT2D eigenvalue weighted by molar-refractivity contribution is -0.0000217. The summed E-state index contributed by atoms with van der Waals surface area (Å²) in [5.41, 5.74) is 2.50. The van der Waals surface area contributed by atoms with Crippen LogP contribution in [0.15, 0.2) is 72.8 Å². The van der Waals surface area contributed by atoms with Crippen molar-refractivity contribution in [3.63, 3.8) is 0 Å². The van der Waals surface area contributed by atoms with Gasteiger partial charge in [0.1, 0.15) is 5.75 Å². The minimum Gasteiger partial charge on any atom is -1.00 e. The van der Waals surface area contributed by atoms with Gasteiger partial charge in [0.15, 0.2) is 10.9 Å². The van der Waals surface area contributed by atoms with Crippen LogP contribution >= 0.6 is 11.3 Å². The first-order valence-corrected chi connectivity index (χ1v) is 11.4. The summed E-state index contributed by atoms with van der Waals surface area (Å²) < 4.78 is 6.27. The molecular formula is C26H25ClN3O3S-. The van der Waals surface area contributed by atoms with Crippen LogP contribution in [0.4, 0.5) is 5.13 Å². The van der Waals surface area contributed by atoms with Crippen molar-refractivity contribution in [1.29, 1.82) is 0 Å². The topological polar surface area (TPSA) is 62.7 Å². The van der Waals surface area contributed by atoms with Gasteiger partial charge in [-0.2, -0.15) is 0 Å². The molecule has 1 aromatic heterocycles. The number of rotatable bonds is 8. The van der Waals surface area contributed by atoms with Crippen LogP contribution in [-0.4, -0.2) is 55.9 Å². The third-order valence-corrected chi connectivity index (χ3v) is 6.30. The molecule has 0 N–H and O–H groups in total. The van der Waals surface area contributed by atoms with Gasteiger partial charge in [0.2, 0.25) is 0 Å². The fourth-order valence-corrected chi connectivity index (χ4v) is 4.41.